The van der Waals surface area contributed by atoms with E-state index in [0.717, 1.165) is 12.8 Å². The molecule has 6 heteroatoms. The van der Waals surface area contributed by atoms with Crippen LogP contribution < -0.4 is 0 Å². The molecule has 0 fully saturated rings. The summed E-state index contributed by atoms with van der Waals surface area (Å²) in [5, 5.41) is 37.3. The first-order chi connectivity index (χ1) is 8.81. The third kappa shape index (κ3) is 6.77. The number of aliphatic hydroxyl groups excluding tert-OH is 4. The average molecular weight is 276 g/mol. The lowest BCUT2D eigenvalue weighted by atomic mass is 9.97. The van der Waals surface area contributed by atoms with Gasteiger partial charge in [-0.3, -0.25) is 9.59 Å². The molecule has 19 heavy (non-hydrogen) atoms. The van der Waals surface area contributed by atoms with Gasteiger partial charge in [0, 0.05) is 6.42 Å². The molecular formula is C13H24O6. The Labute approximate surface area is 113 Å². The van der Waals surface area contributed by atoms with Gasteiger partial charge in [-0.1, -0.05) is 19.8 Å². The van der Waals surface area contributed by atoms with Crippen molar-refractivity contribution in [2.75, 3.05) is 0 Å². The Morgan fingerprint density at radius 2 is 1.58 bits per heavy atom. The van der Waals surface area contributed by atoms with Gasteiger partial charge in [-0.15, -0.1) is 0 Å². The van der Waals surface area contributed by atoms with Crippen LogP contribution in [0.25, 0.3) is 0 Å². The van der Waals surface area contributed by atoms with Crippen molar-refractivity contribution in [3.8, 4) is 0 Å². The first-order valence-corrected chi connectivity index (χ1v) is 6.57. The fraction of sp³-hybridized carbons (Fsp3) is 0.846. The van der Waals surface area contributed by atoms with Gasteiger partial charge in [0.1, 0.15) is 24.1 Å². The molecule has 0 saturated carbocycles. The van der Waals surface area contributed by atoms with Crippen molar-refractivity contribution < 1.29 is 30.0 Å². The van der Waals surface area contributed by atoms with Crippen LogP contribution in [0, 0.1) is 0 Å². The van der Waals surface area contributed by atoms with E-state index in [2.05, 4.69) is 0 Å². The van der Waals surface area contributed by atoms with Gasteiger partial charge < -0.3 is 20.4 Å². The minimum atomic E-state index is -1.86. The summed E-state index contributed by atoms with van der Waals surface area (Å²) < 4.78 is 0. The van der Waals surface area contributed by atoms with E-state index < -0.39 is 36.6 Å². The quantitative estimate of drug-likeness (QED) is 0.317. The molecule has 0 aromatic rings. The van der Waals surface area contributed by atoms with E-state index in [1.807, 2.05) is 6.92 Å². The topological polar surface area (TPSA) is 115 Å². The van der Waals surface area contributed by atoms with Crippen LogP contribution in [0.2, 0.25) is 0 Å². The van der Waals surface area contributed by atoms with Gasteiger partial charge in [0.15, 0.2) is 5.78 Å². The van der Waals surface area contributed by atoms with E-state index in [-0.39, 0.29) is 12.2 Å². The van der Waals surface area contributed by atoms with E-state index >= 15 is 0 Å². The molecule has 0 saturated heterocycles. The van der Waals surface area contributed by atoms with E-state index in [0.29, 0.717) is 6.42 Å². The molecule has 4 atom stereocenters. The molecule has 0 aromatic heterocycles. The third-order valence-corrected chi connectivity index (χ3v) is 2.93. The number of aliphatic hydroxyl groups is 4. The predicted molar refractivity (Wildman–Crippen MR) is 68.5 cm³/mol. The van der Waals surface area contributed by atoms with Crippen molar-refractivity contribution in [1.82, 2.24) is 0 Å². The van der Waals surface area contributed by atoms with E-state index in [1.165, 1.54) is 6.92 Å². The Hall–Kier alpha value is -0.820. The molecule has 0 aromatic carbocycles. The van der Waals surface area contributed by atoms with Crippen molar-refractivity contribution in [2.45, 2.75) is 70.4 Å². The molecule has 0 rings (SSSR count). The lowest BCUT2D eigenvalue weighted by molar-refractivity contribution is -0.145. The second kappa shape index (κ2) is 9.14. The molecule has 0 aliphatic heterocycles. The van der Waals surface area contributed by atoms with E-state index in [4.69, 9.17) is 5.11 Å². The molecule has 0 amide bonds. The smallest absolute Gasteiger partial charge is 0.171 e. The molecule has 0 spiro atoms. The molecule has 0 bridgehead atoms. The molecule has 6 nitrogen and oxygen atoms in total. The fourth-order valence-electron chi connectivity index (χ4n) is 1.62. The summed E-state index contributed by atoms with van der Waals surface area (Å²) in [7, 11) is 0. The summed E-state index contributed by atoms with van der Waals surface area (Å²) in [6, 6.07) is 0. The zero-order valence-corrected chi connectivity index (χ0v) is 11.5. The number of ketones is 2. The fourth-order valence-corrected chi connectivity index (χ4v) is 1.62. The molecule has 0 aliphatic rings. The number of rotatable bonds is 10. The van der Waals surface area contributed by atoms with Crippen molar-refractivity contribution in [1.29, 1.82) is 0 Å². The zero-order valence-electron chi connectivity index (χ0n) is 11.5. The molecule has 112 valence electrons. The number of hydrogen-bond acceptors (Lipinski definition) is 6. The highest BCUT2D eigenvalue weighted by Gasteiger charge is 2.33. The van der Waals surface area contributed by atoms with Crippen LogP contribution in [0.3, 0.4) is 0 Å². The minimum absolute atomic E-state index is 0.265. The van der Waals surface area contributed by atoms with Crippen LogP contribution >= 0.6 is 0 Å². The summed E-state index contributed by atoms with van der Waals surface area (Å²) >= 11 is 0. The minimum Gasteiger partial charge on any atom is -0.391 e. The zero-order chi connectivity index (χ0) is 15.0. The maximum atomic E-state index is 11.5. The van der Waals surface area contributed by atoms with Gasteiger partial charge in [-0.05, 0) is 13.3 Å². The number of Topliss-reactive ketones (excluding diaryl/α,β-unsaturated/α-hetero) is 2. The van der Waals surface area contributed by atoms with Crippen LogP contribution in [0.5, 0.6) is 0 Å². The van der Waals surface area contributed by atoms with Gasteiger partial charge in [-0.25, -0.2) is 0 Å². The van der Waals surface area contributed by atoms with Gasteiger partial charge in [0.25, 0.3) is 0 Å². The average Bonchev–Trinajstić information content (AvgIpc) is 2.36. The first-order valence-electron chi connectivity index (χ1n) is 6.57. The summed E-state index contributed by atoms with van der Waals surface area (Å²) in [6.45, 7) is 3.22. The Morgan fingerprint density at radius 1 is 1.00 bits per heavy atom. The van der Waals surface area contributed by atoms with Crippen LogP contribution in [0.4, 0.5) is 0 Å². The lowest BCUT2D eigenvalue weighted by Gasteiger charge is -2.23. The number of hydrogen-bond donors (Lipinski definition) is 4. The summed E-state index contributed by atoms with van der Waals surface area (Å²) in [4.78, 5) is 23.0. The highest BCUT2D eigenvalue weighted by atomic mass is 16.4. The number of unbranched alkanes of at least 4 members (excludes halogenated alkanes) is 2. The van der Waals surface area contributed by atoms with Gasteiger partial charge in [0.2, 0.25) is 0 Å². The Morgan fingerprint density at radius 3 is 2.05 bits per heavy atom. The molecular weight excluding hydrogens is 252 g/mol. The second-order valence-corrected chi connectivity index (χ2v) is 4.81. The Kier molecular flexibility index (Phi) is 8.75. The number of carbonyl (C=O) groups excluding carboxylic acids is 2. The van der Waals surface area contributed by atoms with E-state index in [1.54, 1.807) is 0 Å². The monoisotopic (exact) mass is 276 g/mol. The largest absolute Gasteiger partial charge is 0.391 e. The maximum absolute atomic E-state index is 11.5. The van der Waals surface area contributed by atoms with Crippen molar-refractivity contribution >= 4 is 11.6 Å². The van der Waals surface area contributed by atoms with Gasteiger partial charge in [-0.2, -0.15) is 0 Å². The number of carbonyl (C=O) groups is 2. The van der Waals surface area contributed by atoms with Crippen LogP contribution in [0.15, 0.2) is 0 Å². The highest BCUT2D eigenvalue weighted by Crippen LogP contribution is 2.09. The van der Waals surface area contributed by atoms with Gasteiger partial charge in [0.05, 0.1) is 12.5 Å². The Bertz CT molecular complexity index is 289. The Balaban J connectivity index is 4.22. The molecule has 4 N–H and O–H groups in total. The van der Waals surface area contributed by atoms with Crippen LogP contribution in [0.1, 0.15) is 46.0 Å². The second-order valence-electron chi connectivity index (χ2n) is 4.81. The standard InChI is InChI=1S/C13H24O6/c1-3-4-5-6-9(15)7-10(16)12(18)13(19)11(17)8(2)14/h8,11-14,17-19H,3-7H2,1-2H3/t8-,11+,12+,13+/m0/s1. The van der Waals surface area contributed by atoms with Crippen molar-refractivity contribution in [3.05, 3.63) is 0 Å². The summed E-state index contributed by atoms with van der Waals surface area (Å²) in [6.07, 6.45) is -4.22. The molecule has 0 unspecified atom stereocenters. The van der Waals surface area contributed by atoms with Crippen LogP contribution in [-0.4, -0.2) is 56.4 Å². The summed E-state index contributed by atoms with van der Waals surface area (Å²) in [5.41, 5.74) is 0. The van der Waals surface area contributed by atoms with Crippen LogP contribution in [-0.2, 0) is 9.59 Å². The lowest BCUT2D eigenvalue weighted by Crippen LogP contribution is -2.47. The molecule has 0 aliphatic carbocycles. The molecule has 0 radical (unpaired) electrons. The van der Waals surface area contributed by atoms with Gasteiger partial charge >= 0.3 is 0 Å². The maximum Gasteiger partial charge on any atom is 0.171 e. The SMILES string of the molecule is CCCCCC(=O)CC(=O)[C@@H](O)[C@H](O)[C@H](O)[C@H](C)O. The third-order valence-electron chi connectivity index (χ3n) is 2.93. The van der Waals surface area contributed by atoms with Crippen molar-refractivity contribution in [3.63, 3.8) is 0 Å². The summed E-state index contributed by atoms with van der Waals surface area (Å²) in [5.74, 6) is -1.13. The normalized spacial score (nSPS) is 17.6. The first kappa shape index (κ1) is 18.2. The molecule has 0 heterocycles. The van der Waals surface area contributed by atoms with E-state index in [9.17, 15) is 24.9 Å². The predicted octanol–water partition coefficient (Wildman–Crippen LogP) is -0.441. The highest BCUT2D eigenvalue weighted by molar-refractivity contribution is 6.01. The van der Waals surface area contributed by atoms with Crippen molar-refractivity contribution in [2.24, 2.45) is 0 Å².